The summed E-state index contributed by atoms with van der Waals surface area (Å²) in [7, 11) is 0. The third kappa shape index (κ3) is 2.80. The number of hydrogen-bond donors (Lipinski definition) is 1. The number of fused-ring (bicyclic) bond motifs is 1. The molecular weight excluding hydrogens is 328 g/mol. The van der Waals surface area contributed by atoms with E-state index in [1.54, 1.807) is 32.9 Å². The van der Waals surface area contributed by atoms with Crippen molar-refractivity contribution in [1.29, 1.82) is 0 Å². The van der Waals surface area contributed by atoms with Crippen LogP contribution in [0.4, 0.5) is 0 Å². The Morgan fingerprint density at radius 2 is 1.92 bits per heavy atom. The van der Waals surface area contributed by atoms with E-state index in [4.69, 9.17) is 4.74 Å². The first kappa shape index (κ1) is 16.6. The molecule has 0 aromatic heterocycles. The summed E-state index contributed by atoms with van der Waals surface area (Å²) in [5, 5.41) is 2.20. The van der Waals surface area contributed by atoms with E-state index < -0.39 is 12.1 Å². The molecule has 7 heteroatoms. The number of allylic oxidation sites excluding steroid dienone is 1. The van der Waals surface area contributed by atoms with Gasteiger partial charge in [-0.1, -0.05) is 30.0 Å². The van der Waals surface area contributed by atoms with Crippen LogP contribution in [0, 0.1) is 0 Å². The van der Waals surface area contributed by atoms with Gasteiger partial charge in [-0.05, 0) is 38.5 Å². The number of rotatable bonds is 4. The molecule has 2 aliphatic heterocycles. The monoisotopic (exact) mass is 346 g/mol. The highest BCUT2D eigenvalue weighted by Gasteiger charge is 2.57. The lowest BCUT2D eigenvalue weighted by Crippen LogP contribution is -2.67. The molecule has 1 aromatic rings. The van der Waals surface area contributed by atoms with Gasteiger partial charge < -0.3 is 10.1 Å². The maximum atomic E-state index is 12.3. The molecule has 0 saturated carbocycles. The number of benzene rings is 1. The number of nitrogens with zero attached hydrogens (tertiary/aromatic N) is 1. The summed E-state index contributed by atoms with van der Waals surface area (Å²) in [5.74, 6) is -0.0516. The summed E-state index contributed by atoms with van der Waals surface area (Å²) >= 11 is 1.07. The van der Waals surface area contributed by atoms with Gasteiger partial charge in [0.25, 0.3) is 11.8 Å². The molecule has 2 saturated heterocycles. The van der Waals surface area contributed by atoms with Gasteiger partial charge in [-0.2, -0.15) is 0 Å². The Morgan fingerprint density at radius 1 is 1.25 bits per heavy atom. The molecular formula is C17H18N2O4S. The highest BCUT2D eigenvalue weighted by atomic mass is 32.2. The van der Waals surface area contributed by atoms with Crippen LogP contribution < -0.4 is 10.1 Å². The van der Waals surface area contributed by atoms with Gasteiger partial charge in [-0.15, -0.1) is 0 Å². The number of ether oxygens (including phenoxy) is 1. The molecule has 6 nitrogen and oxygen atoms in total. The average molecular weight is 346 g/mol. The second-order valence-electron chi connectivity index (χ2n) is 5.91. The van der Waals surface area contributed by atoms with Crippen LogP contribution in [-0.4, -0.2) is 39.3 Å². The number of nitrogens with one attached hydrogen (secondary N) is 1. The highest BCUT2D eigenvalue weighted by Crippen LogP contribution is 2.43. The van der Waals surface area contributed by atoms with Crippen LogP contribution in [0.25, 0.3) is 0 Å². The lowest BCUT2D eigenvalue weighted by Gasteiger charge is -2.41. The molecule has 1 aromatic carbocycles. The quantitative estimate of drug-likeness (QED) is 0.663. The van der Waals surface area contributed by atoms with Gasteiger partial charge in [-0.25, -0.2) is 0 Å². The summed E-state index contributed by atoms with van der Waals surface area (Å²) in [6.07, 6.45) is -0.737. The molecule has 3 unspecified atom stereocenters. The molecule has 3 atom stereocenters. The van der Waals surface area contributed by atoms with E-state index in [0.29, 0.717) is 11.4 Å². The molecule has 1 N–H and O–H groups in total. The second-order valence-corrected chi connectivity index (χ2v) is 7.00. The largest absolute Gasteiger partial charge is 0.481 e. The average Bonchev–Trinajstić information content (AvgIpc) is 2.87. The van der Waals surface area contributed by atoms with E-state index >= 15 is 0 Å². The lowest BCUT2D eigenvalue weighted by atomic mass is 10.0. The predicted octanol–water partition coefficient (Wildman–Crippen LogP) is 1.67. The third-order valence-corrected chi connectivity index (χ3v) is 5.03. The molecule has 2 heterocycles. The standard InChI is InChI=1S/C17H18N2O4S/c1-9(2)13-17(22)24-16-12(15(21)19(13)16)18-14(20)10(3)23-11-7-5-4-6-8-11/h4-8,10,12,16H,1-3H3,(H,18,20). The molecule has 24 heavy (non-hydrogen) atoms. The van der Waals surface area contributed by atoms with Crippen molar-refractivity contribution in [3.05, 3.63) is 41.6 Å². The first-order valence-electron chi connectivity index (χ1n) is 7.63. The van der Waals surface area contributed by atoms with Crippen LogP contribution in [0.1, 0.15) is 20.8 Å². The maximum absolute atomic E-state index is 12.3. The van der Waals surface area contributed by atoms with E-state index in [1.807, 2.05) is 18.2 Å². The van der Waals surface area contributed by atoms with Crippen molar-refractivity contribution in [2.75, 3.05) is 0 Å². The minimum Gasteiger partial charge on any atom is -0.481 e. The number of carbonyl (C=O) groups is 3. The third-order valence-electron chi connectivity index (χ3n) is 3.90. The van der Waals surface area contributed by atoms with Gasteiger partial charge in [0.1, 0.15) is 17.2 Å². The van der Waals surface area contributed by atoms with Crippen molar-refractivity contribution in [2.24, 2.45) is 0 Å². The molecule has 3 rings (SSSR count). The van der Waals surface area contributed by atoms with Crippen LogP contribution in [0.15, 0.2) is 41.6 Å². The number of thioether (sulfide) groups is 1. The van der Waals surface area contributed by atoms with Gasteiger partial charge in [0.2, 0.25) is 5.12 Å². The van der Waals surface area contributed by atoms with Crippen LogP contribution in [-0.2, 0) is 14.4 Å². The highest BCUT2D eigenvalue weighted by molar-refractivity contribution is 8.15. The molecule has 0 bridgehead atoms. The first-order chi connectivity index (χ1) is 11.4. The normalized spacial score (nSPS) is 23.5. The summed E-state index contributed by atoms with van der Waals surface area (Å²) in [4.78, 5) is 38.0. The van der Waals surface area contributed by atoms with E-state index in [2.05, 4.69) is 5.32 Å². The topological polar surface area (TPSA) is 75.7 Å². The second kappa shape index (κ2) is 6.32. The number of para-hydroxylation sites is 1. The maximum Gasteiger partial charge on any atom is 0.261 e. The van der Waals surface area contributed by atoms with Crippen LogP contribution in [0.5, 0.6) is 5.75 Å². The zero-order valence-electron chi connectivity index (χ0n) is 13.6. The summed E-state index contributed by atoms with van der Waals surface area (Å²) in [6, 6.07) is 8.31. The number of amides is 2. The van der Waals surface area contributed by atoms with Crippen molar-refractivity contribution in [3.63, 3.8) is 0 Å². The van der Waals surface area contributed by atoms with Crippen molar-refractivity contribution >= 4 is 28.7 Å². The fourth-order valence-corrected chi connectivity index (χ4v) is 3.96. The Hall–Kier alpha value is -2.28. The molecule has 0 aliphatic carbocycles. The van der Waals surface area contributed by atoms with Crippen molar-refractivity contribution in [2.45, 2.75) is 38.3 Å². The SMILES string of the molecule is CC(C)=C1C(=O)SC2C(NC(=O)C(C)Oc3ccccc3)C(=O)N12. The Bertz CT molecular complexity index is 727. The fraction of sp³-hybridized carbons (Fsp3) is 0.353. The smallest absolute Gasteiger partial charge is 0.261 e. The minimum absolute atomic E-state index is 0.126. The molecule has 0 spiro atoms. The Morgan fingerprint density at radius 3 is 2.54 bits per heavy atom. The summed E-state index contributed by atoms with van der Waals surface area (Å²) in [6.45, 7) is 5.22. The van der Waals surface area contributed by atoms with E-state index in [1.165, 1.54) is 4.90 Å². The fourth-order valence-electron chi connectivity index (χ4n) is 2.69. The Labute approximate surface area is 144 Å². The predicted molar refractivity (Wildman–Crippen MR) is 90.1 cm³/mol. The number of β-lactam (4-membered cyclic amide) rings is 1. The van der Waals surface area contributed by atoms with Gasteiger partial charge in [-0.3, -0.25) is 19.3 Å². The zero-order valence-corrected chi connectivity index (χ0v) is 14.4. The molecule has 0 radical (unpaired) electrons. The zero-order chi connectivity index (χ0) is 17.4. The first-order valence-corrected chi connectivity index (χ1v) is 8.51. The van der Waals surface area contributed by atoms with Gasteiger partial charge in [0.15, 0.2) is 6.10 Å². The minimum atomic E-state index is -0.737. The van der Waals surface area contributed by atoms with Crippen molar-refractivity contribution in [1.82, 2.24) is 10.2 Å². The Kier molecular flexibility index (Phi) is 4.36. The van der Waals surface area contributed by atoms with Crippen LogP contribution in [0.3, 0.4) is 0 Å². The lowest BCUT2D eigenvalue weighted by molar-refractivity contribution is -0.146. The summed E-state index contributed by atoms with van der Waals surface area (Å²) in [5.41, 5.74) is 1.24. The van der Waals surface area contributed by atoms with Crippen LogP contribution in [0.2, 0.25) is 0 Å². The van der Waals surface area contributed by atoms with Gasteiger partial charge in [0, 0.05) is 0 Å². The van der Waals surface area contributed by atoms with E-state index in [0.717, 1.165) is 17.3 Å². The Balaban J connectivity index is 1.63. The van der Waals surface area contributed by atoms with Crippen molar-refractivity contribution < 1.29 is 19.1 Å². The van der Waals surface area contributed by atoms with Gasteiger partial charge >= 0.3 is 0 Å². The molecule has 2 fully saturated rings. The molecule has 2 amide bonds. The van der Waals surface area contributed by atoms with Crippen LogP contribution >= 0.6 is 11.8 Å². The number of carbonyl (C=O) groups excluding carboxylic acids is 3. The summed E-state index contributed by atoms with van der Waals surface area (Å²) < 4.78 is 5.55. The van der Waals surface area contributed by atoms with Gasteiger partial charge in [0.05, 0.1) is 5.70 Å². The van der Waals surface area contributed by atoms with E-state index in [9.17, 15) is 14.4 Å². The van der Waals surface area contributed by atoms with Crippen molar-refractivity contribution in [3.8, 4) is 5.75 Å². The molecule has 2 aliphatic rings. The molecule has 126 valence electrons. The number of hydrogen-bond acceptors (Lipinski definition) is 5. The van der Waals surface area contributed by atoms with E-state index in [-0.39, 0.29) is 22.3 Å².